The van der Waals surface area contributed by atoms with Gasteiger partial charge in [0.15, 0.2) is 0 Å². The van der Waals surface area contributed by atoms with E-state index < -0.39 is 5.97 Å². The molecule has 17 heavy (non-hydrogen) atoms. The molecule has 0 radical (unpaired) electrons. The van der Waals surface area contributed by atoms with E-state index in [2.05, 4.69) is 0 Å². The molecule has 0 amide bonds. The molecule has 0 saturated carbocycles. The van der Waals surface area contributed by atoms with Crippen molar-refractivity contribution in [2.45, 2.75) is 26.7 Å². The van der Waals surface area contributed by atoms with E-state index in [-0.39, 0.29) is 18.8 Å². The van der Waals surface area contributed by atoms with Crippen molar-refractivity contribution in [2.75, 3.05) is 6.61 Å². The Morgan fingerprint density at radius 2 is 1.76 bits per heavy atom. The van der Waals surface area contributed by atoms with Crippen LogP contribution >= 0.6 is 0 Å². The van der Waals surface area contributed by atoms with Gasteiger partial charge >= 0.3 is 11.9 Å². The molecule has 0 aliphatic carbocycles. The molecule has 4 nitrogen and oxygen atoms in total. The van der Waals surface area contributed by atoms with Gasteiger partial charge < -0.3 is 9.84 Å². The van der Waals surface area contributed by atoms with Gasteiger partial charge in [-0.05, 0) is 25.0 Å². The third-order valence-electron chi connectivity index (χ3n) is 2.21. The van der Waals surface area contributed by atoms with E-state index in [1.807, 2.05) is 19.1 Å². The first kappa shape index (κ1) is 13.2. The first-order valence-corrected chi connectivity index (χ1v) is 5.48. The Kier molecular flexibility index (Phi) is 4.69. The second-order valence-corrected chi connectivity index (χ2v) is 3.88. The highest BCUT2D eigenvalue weighted by molar-refractivity contribution is 5.73. The molecule has 1 aromatic carbocycles. The molecule has 0 aliphatic rings. The third kappa shape index (κ3) is 4.68. The quantitative estimate of drug-likeness (QED) is 0.791. The number of carbonyl (C=O) groups is 2. The molecule has 1 N–H and O–H groups in total. The average Bonchev–Trinajstić information content (AvgIpc) is 2.14. The Morgan fingerprint density at radius 1 is 1.18 bits per heavy atom. The number of benzene rings is 1. The summed E-state index contributed by atoms with van der Waals surface area (Å²) >= 11 is 0. The topological polar surface area (TPSA) is 63.6 Å². The molecule has 0 bridgehead atoms. The summed E-state index contributed by atoms with van der Waals surface area (Å²) in [5.41, 5.74) is 2.44. The lowest BCUT2D eigenvalue weighted by Gasteiger charge is -2.06. The molecular weight excluding hydrogens is 220 g/mol. The summed E-state index contributed by atoms with van der Waals surface area (Å²) in [7, 11) is 0. The molecule has 0 unspecified atom stereocenters. The Balaban J connectivity index is 2.81. The molecule has 0 saturated heterocycles. The van der Waals surface area contributed by atoms with Crippen molar-refractivity contribution < 1.29 is 19.4 Å². The number of rotatable bonds is 5. The fourth-order valence-corrected chi connectivity index (χ4v) is 1.71. The largest absolute Gasteiger partial charge is 0.481 e. The fourth-order valence-electron chi connectivity index (χ4n) is 1.71. The molecule has 1 aromatic rings. The van der Waals surface area contributed by atoms with E-state index in [0.717, 1.165) is 11.1 Å². The van der Waals surface area contributed by atoms with Gasteiger partial charge in [-0.1, -0.05) is 23.8 Å². The van der Waals surface area contributed by atoms with Crippen LogP contribution in [-0.4, -0.2) is 23.7 Å². The van der Waals surface area contributed by atoms with Crippen LogP contribution in [0.1, 0.15) is 23.6 Å². The highest BCUT2D eigenvalue weighted by Gasteiger charge is 2.07. The number of esters is 1. The maximum absolute atomic E-state index is 11.3. The van der Waals surface area contributed by atoms with Gasteiger partial charge in [0.25, 0.3) is 0 Å². The van der Waals surface area contributed by atoms with Gasteiger partial charge in [0.1, 0.15) is 0 Å². The lowest BCUT2D eigenvalue weighted by Crippen LogP contribution is -2.08. The molecule has 0 spiro atoms. The van der Waals surface area contributed by atoms with Gasteiger partial charge in [-0.3, -0.25) is 9.59 Å². The zero-order valence-corrected chi connectivity index (χ0v) is 10.0. The first-order valence-electron chi connectivity index (χ1n) is 5.48. The van der Waals surface area contributed by atoms with Crippen LogP contribution in [-0.2, 0) is 27.2 Å². The first-order chi connectivity index (χ1) is 8.01. The summed E-state index contributed by atoms with van der Waals surface area (Å²) < 4.78 is 4.85. The summed E-state index contributed by atoms with van der Waals surface area (Å²) in [5, 5.41) is 8.72. The van der Waals surface area contributed by atoms with E-state index in [0.29, 0.717) is 12.2 Å². The van der Waals surface area contributed by atoms with Gasteiger partial charge in [-0.15, -0.1) is 0 Å². The van der Waals surface area contributed by atoms with Crippen LogP contribution in [0, 0.1) is 6.92 Å². The van der Waals surface area contributed by atoms with Crippen LogP contribution in [0.4, 0.5) is 0 Å². The molecular formula is C13H16O4. The zero-order valence-electron chi connectivity index (χ0n) is 10.0. The van der Waals surface area contributed by atoms with E-state index >= 15 is 0 Å². The van der Waals surface area contributed by atoms with Crippen LogP contribution in [0.5, 0.6) is 0 Å². The highest BCUT2D eigenvalue weighted by atomic mass is 16.5. The van der Waals surface area contributed by atoms with Crippen molar-refractivity contribution in [1.82, 2.24) is 0 Å². The lowest BCUT2D eigenvalue weighted by atomic mass is 10.0. The normalized spacial score (nSPS) is 10.0. The maximum Gasteiger partial charge on any atom is 0.310 e. The number of carboxylic acid groups (broad SMARTS) is 1. The minimum absolute atomic E-state index is 0.0303. The van der Waals surface area contributed by atoms with Crippen LogP contribution in [0.15, 0.2) is 18.2 Å². The minimum atomic E-state index is -0.877. The van der Waals surface area contributed by atoms with E-state index in [1.54, 1.807) is 13.0 Å². The Morgan fingerprint density at radius 3 is 2.29 bits per heavy atom. The van der Waals surface area contributed by atoms with Crippen LogP contribution in [0.3, 0.4) is 0 Å². The summed E-state index contributed by atoms with van der Waals surface area (Å²) in [5.74, 6) is -1.17. The number of carbonyl (C=O) groups excluding carboxylic acids is 1. The average molecular weight is 236 g/mol. The van der Waals surface area contributed by atoms with Crippen molar-refractivity contribution >= 4 is 11.9 Å². The molecule has 1 rings (SSSR count). The van der Waals surface area contributed by atoms with Gasteiger partial charge in [0.05, 0.1) is 19.4 Å². The van der Waals surface area contributed by atoms with Crippen LogP contribution < -0.4 is 0 Å². The minimum Gasteiger partial charge on any atom is -0.481 e. The number of aryl methyl sites for hydroxylation is 1. The predicted octanol–water partition coefficient (Wildman–Crippen LogP) is 1.73. The second-order valence-electron chi connectivity index (χ2n) is 3.88. The molecule has 0 fully saturated rings. The summed E-state index contributed by atoms with van der Waals surface area (Å²) in [4.78, 5) is 21.9. The Labute approximate surface area is 100 Å². The molecule has 0 aliphatic heterocycles. The van der Waals surface area contributed by atoms with Gasteiger partial charge in [-0.25, -0.2) is 0 Å². The fraction of sp³-hybridized carbons (Fsp3) is 0.385. The van der Waals surface area contributed by atoms with Crippen molar-refractivity contribution in [2.24, 2.45) is 0 Å². The Hall–Kier alpha value is -1.84. The van der Waals surface area contributed by atoms with E-state index in [9.17, 15) is 9.59 Å². The van der Waals surface area contributed by atoms with Crippen molar-refractivity contribution in [1.29, 1.82) is 0 Å². The third-order valence-corrected chi connectivity index (χ3v) is 2.21. The lowest BCUT2D eigenvalue weighted by molar-refractivity contribution is -0.142. The van der Waals surface area contributed by atoms with Gasteiger partial charge in [0, 0.05) is 0 Å². The summed E-state index contributed by atoms with van der Waals surface area (Å²) in [6.07, 6.45) is 0.152. The van der Waals surface area contributed by atoms with Crippen molar-refractivity contribution in [3.05, 3.63) is 34.9 Å². The number of hydrogen-bond donors (Lipinski definition) is 1. The smallest absolute Gasteiger partial charge is 0.310 e. The van der Waals surface area contributed by atoms with Crippen molar-refractivity contribution in [3.63, 3.8) is 0 Å². The predicted molar refractivity (Wildman–Crippen MR) is 62.9 cm³/mol. The number of ether oxygens (including phenoxy) is 1. The number of aliphatic carboxylic acids is 1. The SMILES string of the molecule is CCOC(=O)Cc1cc(C)cc(CC(=O)O)c1. The van der Waals surface area contributed by atoms with E-state index in [4.69, 9.17) is 9.84 Å². The monoisotopic (exact) mass is 236 g/mol. The summed E-state index contributed by atoms with van der Waals surface area (Å²) in [6, 6.07) is 5.41. The maximum atomic E-state index is 11.3. The van der Waals surface area contributed by atoms with E-state index in [1.165, 1.54) is 0 Å². The molecule has 4 heteroatoms. The second kappa shape index (κ2) is 6.03. The number of hydrogen-bond acceptors (Lipinski definition) is 3. The molecule has 0 atom stereocenters. The van der Waals surface area contributed by atoms with Gasteiger partial charge in [-0.2, -0.15) is 0 Å². The van der Waals surface area contributed by atoms with Crippen LogP contribution in [0.25, 0.3) is 0 Å². The summed E-state index contributed by atoms with van der Waals surface area (Å²) in [6.45, 7) is 3.98. The van der Waals surface area contributed by atoms with Gasteiger partial charge in [0.2, 0.25) is 0 Å². The Bertz CT molecular complexity index is 423. The highest BCUT2D eigenvalue weighted by Crippen LogP contribution is 2.11. The molecule has 0 aromatic heterocycles. The van der Waals surface area contributed by atoms with Crippen LogP contribution in [0.2, 0.25) is 0 Å². The number of carboxylic acids is 1. The van der Waals surface area contributed by atoms with Crippen molar-refractivity contribution in [3.8, 4) is 0 Å². The molecule has 92 valence electrons. The molecule has 0 heterocycles. The zero-order chi connectivity index (χ0) is 12.8. The standard InChI is InChI=1S/C13H16O4/c1-3-17-13(16)8-11-5-9(2)4-10(6-11)7-12(14)15/h4-6H,3,7-8H2,1-2H3,(H,14,15).